The number of para-hydroxylation sites is 1. The van der Waals surface area contributed by atoms with Gasteiger partial charge >= 0.3 is 5.97 Å². The van der Waals surface area contributed by atoms with Gasteiger partial charge in [-0.2, -0.15) is 5.26 Å². The van der Waals surface area contributed by atoms with E-state index in [9.17, 15) is 18.4 Å². The highest BCUT2D eigenvalue weighted by Gasteiger charge is 2.13. The van der Waals surface area contributed by atoms with Crippen LogP contribution in [-0.4, -0.2) is 32.2 Å². The Balaban J connectivity index is 1.91. The molecule has 1 N–H and O–H groups in total. The number of nitriles is 1. The van der Waals surface area contributed by atoms with Gasteiger partial charge in [0.25, 0.3) is 5.91 Å². The third-order valence-corrected chi connectivity index (χ3v) is 3.46. The first-order valence-corrected chi connectivity index (χ1v) is 8.21. The number of nitrogens with zero attached hydrogens (tertiary/aromatic N) is 1. The Morgan fingerprint density at radius 1 is 1.17 bits per heavy atom. The Morgan fingerprint density at radius 3 is 2.55 bits per heavy atom. The average molecular weight is 402 g/mol. The topological polar surface area (TPSA) is 97.7 Å². The zero-order chi connectivity index (χ0) is 21.2. The van der Waals surface area contributed by atoms with E-state index in [0.29, 0.717) is 17.1 Å². The number of carbonyl (C=O) groups excluding carboxylic acids is 2. The van der Waals surface area contributed by atoms with Gasteiger partial charge in [-0.05, 0) is 35.9 Å². The summed E-state index contributed by atoms with van der Waals surface area (Å²) in [5.41, 5.74) is -0.0455. The second kappa shape index (κ2) is 10.4. The molecule has 0 saturated carbocycles. The summed E-state index contributed by atoms with van der Waals surface area (Å²) in [5, 5.41) is 10.5. The van der Waals surface area contributed by atoms with Crippen LogP contribution in [0.3, 0.4) is 0 Å². The van der Waals surface area contributed by atoms with Gasteiger partial charge in [0.2, 0.25) is 0 Å². The number of amides is 1. The van der Waals surface area contributed by atoms with Gasteiger partial charge in [-0.15, -0.1) is 0 Å². The van der Waals surface area contributed by atoms with Gasteiger partial charge in [-0.1, -0.05) is 12.1 Å². The maximum absolute atomic E-state index is 13.5. The van der Waals surface area contributed by atoms with Gasteiger partial charge in [0.1, 0.15) is 23.4 Å². The highest BCUT2D eigenvalue weighted by Crippen LogP contribution is 2.28. The number of halogens is 2. The van der Waals surface area contributed by atoms with Crippen molar-refractivity contribution in [2.45, 2.75) is 0 Å². The zero-order valence-electron chi connectivity index (χ0n) is 15.3. The van der Waals surface area contributed by atoms with Crippen molar-refractivity contribution in [1.29, 1.82) is 5.26 Å². The van der Waals surface area contributed by atoms with Crippen molar-refractivity contribution >= 4 is 23.6 Å². The Kier molecular flexibility index (Phi) is 7.68. The molecule has 0 aliphatic rings. The van der Waals surface area contributed by atoms with Crippen LogP contribution in [0.25, 0.3) is 6.08 Å². The van der Waals surface area contributed by atoms with Crippen molar-refractivity contribution in [3.05, 3.63) is 59.7 Å². The number of benzene rings is 2. The van der Waals surface area contributed by atoms with E-state index in [2.05, 4.69) is 0 Å². The predicted octanol–water partition coefficient (Wildman–Crippen LogP) is 3.07. The van der Waals surface area contributed by atoms with Crippen LogP contribution in [0.5, 0.6) is 11.5 Å². The van der Waals surface area contributed by atoms with Gasteiger partial charge in [0.15, 0.2) is 24.7 Å². The lowest BCUT2D eigenvalue weighted by atomic mass is 10.2. The molecule has 0 aromatic heterocycles. The van der Waals surface area contributed by atoms with Gasteiger partial charge < -0.3 is 19.5 Å². The van der Waals surface area contributed by atoms with Gasteiger partial charge in [-0.25, -0.2) is 13.6 Å². The monoisotopic (exact) mass is 402 g/mol. The number of anilines is 1. The first-order valence-electron chi connectivity index (χ1n) is 8.21. The predicted molar refractivity (Wildman–Crippen MR) is 99.1 cm³/mol. The van der Waals surface area contributed by atoms with Crippen LogP contribution in [0.2, 0.25) is 0 Å². The van der Waals surface area contributed by atoms with Crippen LogP contribution in [0, 0.1) is 23.0 Å². The molecule has 0 radical (unpaired) electrons. The summed E-state index contributed by atoms with van der Waals surface area (Å²) in [5.74, 6) is -2.89. The molecule has 2 rings (SSSR count). The van der Waals surface area contributed by atoms with Crippen molar-refractivity contribution in [3.63, 3.8) is 0 Å². The second-order valence-electron chi connectivity index (χ2n) is 5.44. The number of ether oxygens (including phenoxy) is 3. The van der Waals surface area contributed by atoms with E-state index in [4.69, 9.17) is 19.5 Å². The number of carbonyl (C=O) groups is 2. The number of esters is 1. The molecular weight excluding hydrogens is 386 g/mol. The molecule has 0 bridgehead atoms. The standard InChI is InChI=1S/C20H16F2N2O5/c1-27-17-11-13(5-7-16(17)28-10-9-23)6-8-19(26)29-12-18(25)24-20-14(21)3-2-4-15(20)22/h2-8,11H,10,12H2,1H3,(H,24,25)/b8-6+. The summed E-state index contributed by atoms with van der Waals surface area (Å²) in [7, 11) is 1.42. The average Bonchev–Trinajstić information content (AvgIpc) is 2.72. The van der Waals surface area contributed by atoms with Gasteiger partial charge in [0, 0.05) is 6.08 Å². The normalized spacial score (nSPS) is 10.3. The number of hydrogen-bond acceptors (Lipinski definition) is 6. The van der Waals surface area contributed by atoms with E-state index in [1.807, 2.05) is 11.4 Å². The van der Waals surface area contributed by atoms with Crippen molar-refractivity contribution < 1.29 is 32.6 Å². The van der Waals surface area contributed by atoms with Crippen LogP contribution >= 0.6 is 0 Å². The van der Waals surface area contributed by atoms with Crippen molar-refractivity contribution in [2.24, 2.45) is 0 Å². The van der Waals surface area contributed by atoms with E-state index >= 15 is 0 Å². The number of nitrogens with one attached hydrogen (secondary N) is 1. The maximum atomic E-state index is 13.5. The SMILES string of the molecule is COc1cc(/C=C/C(=O)OCC(=O)Nc2c(F)cccc2F)ccc1OCC#N. The van der Waals surface area contributed by atoms with Crippen LogP contribution in [-0.2, 0) is 14.3 Å². The Labute approximate surface area is 165 Å². The van der Waals surface area contributed by atoms with Gasteiger partial charge in [-0.3, -0.25) is 4.79 Å². The van der Waals surface area contributed by atoms with Crippen LogP contribution < -0.4 is 14.8 Å². The molecule has 0 aliphatic heterocycles. The van der Waals surface area contributed by atoms with E-state index < -0.39 is 35.8 Å². The molecule has 0 saturated heterocycles. The molecule has 150 valence electrons. The van der Waals surface area contributed by atoms with Crippen LogP contribution in [0.1, 0.15) is 5.56 Å². The first-order chi connectivity index (χ1) is 13.9. The molecule has 0 aliphatic carbocycles. The molecule has 9 heteroatoms. The molecule has 1 amide bonds. The number of methoxy groups -OCH3 is 1. The smallest absolute Gasteiger partial charge is 0.331 e. The van der Waals surface area contributed by atoms with Crippen molar-refractivity contribution in [3.8, 4) is 17.6 Å². The Hall–Kier alpha value is -3.93. The third kappa shape index (κ3) is 6.32. The van der Waals surface area contributed by atoms with E-state index in [-0.39, 0.29) is 6.61 Å². The molecule has 7 nitrogen and oxygen atoms in total. The minimum absolute atomic E-state index is 0.142. The second-order valence-corrected chi connectivity index (χ2v) is 5.44. The lowest BCUT2D eigenvalue weighted by Gasteiger charge is -2.09. The Bertz CT molecular complexity index is 950. The Morgan fingerprint density at radius 2 is 1.90 bits per heavy atom. The quantitative estimate of drug-likeness (QED) is 0.538. The largest absolute Gasteiger partial charge is 0.493 e. The molecule has 0 unspecified atom stereocenters. The summed E-state index contributed by atoms with van der Waals surface area (Å²) in [6.07, 6.45) is 2.48. The zero-order valence-corrected chi connectivity index (χ0v) is 15.3. The fourth-order valence-corrected chi connectivity index (χ4v) is 2.16. The third-order valence-electron chi connectivity index (χ3n) is 3.46. The number of hydrogen-bond donors (Lipinski definition) is 1. The molecule has 0 heterocycles. The minimum Gasteiger partial charge on any atom is -0.493 e. The van der Waals surface area contributed by atoms with E-state index in [0.717, 1.165) is 24.3 Å². The van der Waals surface area contributed by atoms with Gasteiger partial charge in [0.05, 0.1) is 7.11 Å². The lowest BCUT2D eigenvalue weighted by Crippen LogP contribution is -2.21. The first kappa shape index (κ1) is 21.4. The summed E-state index contributed by atoms with van der Waals surface area (Å²) in [4.78, 5) is 23.4. The summed E-state index contributed by atoms with van der Waals surface area (Å²) in [6.45, 7) is -0.863. The summed E-state index contributed by atoms with van der Waals surface area (Å²) < 4.78 is 42.0. The molecule has 2 aromatic rings. The fraction of sp³-hybridized carbons (Fsp3) is 0.150. The molecule has 2 aromatic carbocycles. The van der Waals surface area contributed by atoms with Crippen LogP contribution in [0.4, 0.5) is 14.5 Å². The lowest BCUT2D eigenvalue weighted by molar-refractivity contribution is -0.142. The van der Waals surface area contributed by atoms with Crippen molar-refractivity contribution in [2.75, 3.05) is 25.6 Å². The number of rotatable bonds is 8. The molecular formula is C20H16F2N2O5. The molecule has 29 heavy (non-hydrogen) atoms. The maximum Gasteiger partial charge on any atom is 0.331 e. The van der Waals surface area contributed by atoms with E-state index in [1.165, 1.54) is 13.2 Å². The molecule has 0 fully saturated rings. The summed E-state index contributed by atoms with van der Waals surface area (Å²) >= 11 is 0. The highest BCUT2D eigenvalue weighted by molar-refractivity contribution is 5.94. The van der Waals surface area contributed by atoms with Crippen molar-refractivity contribution in [1.82, 2.24) is 0 Å². The molecule has 0 atom stereocenters. The molecule has 0 spiro atoms. The fourth-order valence-electron chi connectivity index (χ4n) is 2.16. The minimum atomic E-state index is -0.944. The summed E-state index contributed by atoms with van der Waals surface area (Å²) in [6, 6.07) is 9.72. The van der Waals surface area contributed by atoms with Crippen LogP contribution in [0.15, 0.2) is 42.5 Å². The van der Waals surface area contributed by atoms with E-state index in [1.54, 1.807) is 18.2 Å². The highest BCUT2D eigenvalue weighted by atomic mass is 19.1.